The van der Waals surface area contributed by atoms with Crippen molar-refractivity contribution in [2.24, 2.45) is 0 Å². The number of nitrogens with one attached hydrogen (secondary N) is 1. The molecule has 1 aromatic heterocycles. The Labute approximate surface area is 158 Å². The van der Waals surface area contributed by atoms with E-state index in [2.05, 4.69) is 21.2 Å². The van der Waals surface area contributed by atoms with Gasteiger partial charge < -0.3 is 23.9 Å². The molecule has 0 bridgehead atoms. The fraction of sp³-hybridized carbons (Fsp3) is 0.222. The van der Waals surface area contributed by atoms with Crippen molar-refractivity contribution in [2.45, 2.75) is 13.0 Å². The lowest BCUT2D eigenvalue weighted by Crippen LogP contribution is -2.29. The maximum Gasteiger partial charge on any atom is 0.331 e. The van der Waals surface area contributed by atoms with Gasteiger partial charge in [-0.15, -0.1) is 0 Å². The first-order valence-corrected chi connectivity index (χ1v) is 8.65. The van der Waals surface area contributed by atoms with E-state index >= 15 is 0 Å². The average Bonchev–Trinajstić information content (AvgIpc) is 3.05. The maximum absolute atomic E-state index is 12.2. The van der Waals surface area contributed by atoms with Crippen molar-refractivity contribution in [1.82, 2.24) is 0 Å². The molecule has 1 amide bonds. The molecule has 1 aliphatic rings. The molecule has 8 heteroatoms. The number of carbonyl (C=O) groups excluding carboxylic acids is 2. The van der Waals surface area contributed by atoms with Crippen LogP contribution in [0.25, 0.3) is 6.08 Å². The average molecular weight is 422 g/mol. The molecule has 1 N–H and O–H groups in total. The molecular formula is C18H16BrNO6. The Morgan fingerprint density at radius 3 is 2.69 bits per heavy atom. The van der Waals surface area contributed by atoms with Crippen LogP contribution in [0, 0.1) is 0 Å². The van der Waals surface area contributed by atoms with E-state index in [0.29, 0.717) is 40.8 Å². The quantitative estimate of drug-likeness (QED) is 0.587. The van der Waals surface area contributed by atoms with E-state index in [1.807, 2.05) is 0 Å². The van der Waals surface area contributed by atoms with Gasteiger partial charge in [0, 0.05) is 17.8 Å². The number of fused-ring (bicyclic) bond motifs is 1. The molecule has 0 saturated heterocycles. The zero-order valence-electron chi connectivity index (χ0n) is 13.9. The minimum atomic E-state index is -0.969. The Hall–Kier alpha value is -2.74. The van der Waals surface area contributed by atoms with Gasteiger partial charge in [-0.2, -0.15) is 0 Å². The molecule has 136 valence electrons. The van der Waals surface area contributed by atoms with Crippen LogP contribution in [-0.4, -0.2) is 31.2 Å². The molecule has 2 aromatic rings. The Morgan fingerprint density at radius 1 is 1.19 bits per heavy atom. The summed E-state index contributed by atoms with van der Waals surface area (Å²) < 4.78 is 21.7. The van der Waals surface area contributed by atoms with Crippen molar-refractivity contribution >= 4 is 39.6 Å². The summed E-state index contributed by atoms with van der Waals surface area (Å²) >= 11 is 3.17. The minimum Gasteiger partial charge on any atom is -0.486 e. The summed E-state index contributed by atoms with van der Waals surface area (Å²) in [4.78, 5) is 24.0. The van der Waals surface area contributed by atoms with Crippen molar-refractivity contribution in [2.75, 3.05) is 18.5 Å². The first-order valence-electron chi connectivity index (χ1n) is 7.86. The highest BCUT2D eigenvalue weighted by Crippen LogP contribution is 2.32. The van der Waals surface area contributed by atoms with Gasteiger partial charge in [-0.05, 0) is 53.2 Å². The number of furan rings is 1. The molecular weight excluding hydrogens is 406 g/mol. The lowest BCUT2D eigenvalue weighted by Gasteiger charge is -2.19. The first kappa shape index (κ1) is 18.1. The van der Waals surface area contributed by atoms with E-state index in [0.717, 1.165) is 0 Å². The lowest BCUT2D eigenvalue weighted by molar-refractivity contribution is -0.148. The molecule has 0 aliphatic carbocycles. The Bertz CT molecular complexity index is 844. The van der Waals surface area contributed by atoms with E-state index in [1.165, 1.54) is 19.1 Å². The number of hydrogen-bond acceptors (Lipinski definition) is 6. The molecule has 1 aliphatic heterocycles. The molecule has 0 fully saturated rings. The molecule has 1 aromatic carbocycles. The van der Waals surface area contributed by atoms with Crippen LogP contribution < -0.4 is 14.8 Å². The first-order chi connectivity index (χ1) is 12.5. The van der Waals surface area contributed by atoms with Gasteiger partial charge in [0.2, 0.25) is 0 Å². The van der Waals surface area contributed by atoms with Crippen LogP contribution in [0.2, 0.25) is 0 Å². The molecule has 26 heavy (non-hydrogen) atoms. The molecule has 0 spiro atoms. The summed E-state index contributed by atoms with van der Waals surface area (Å²) in [6.45, 7) is 2.44. The van der Waals surface area contributed by atoms with Crippen molar-refractivity contribution < 1.29 is 28.2 Å². The maximum atomic E-state index is 12.2. The number of carbonyl (C=O) groups is 2. The van der Waals surface area contributed by atoms with Crippen LogP contribution in [-0.2, 0) is 14.3 Å². The topological polar surface area (TPSA) is 87.0 Å². The predicted octanol–water partition coefficient (Wildman–Crippen LogP) is 3.40. The molecule has 0 radical (unpaired) electrons. The van der Waals surface area contributed by atoms with E-state index in [1.54, 1.807) is 30.3 Å². The normalized spacial score (nSPS) is 14.1. The van der Waals surface area contributed by atoms with Gasteiger partial charge in [0.25, 0.3) is 5.91 Å². The van der Waals surface area contributed by atoms with Crippen molar-refractivity contribution in [3.63, 3.8) is 0 Å². The number of halogens is 1. The van der Waals surface area contributed by atoms with Gasteiger partial charge in [-0.25, -0.2) is 4.79 Å². The van der Waals surface area contributed by atoms with Gasteiger partial charge in [0.05, 0.1) is 0 Å². The highest BCUT2D eigenvalue weighted by atomic mass is 79.9. The Balaban J connectivity index is 1.54. The van der Waals surface area contributed by atoms with Crippen LogP contribution in [0.4, 0.5) is 5.69 Å². The second kappa shape index (κ2) is 8.09. The third kappa shape index (κ3) is 4.66. The highest BCUT2D eigenvalue weighted by Gasteiger charge is 2.18. The summed E-state index contributed by atoms with van der Waals surface area (Å²) in [5.41, 5.74) is 0.526. The predicted molar refractivity (Wildman–Crippen MR) is 97.1 cm³/mol. The molecule has 2 heterocycles. The zero-order chi connectivity index (χ0) is 18.5. The number of anilines is 1. The second-order valence-electron chi connectivity index (χ2n) is 5.40. The summed E-state index contributed by atoms with van der Waals surface area (Å²) in [6, 6.07) is 8.45. The van der Waals surface area contributed by atoms with E-state index < -0.39 is 18.0 Å². The second-order valence-corrected chi connectivity index (χ2v) is 6.18. The SMILES string of the molecule is CC(OC(=O)/C=C/c1ccc(Br)o1)C(=O)Nc1ccc2c(c1)OCCO2. The number of benzene rings is 1. The molecule has 7 nitrogen and oxygen atoms in total. The van der Waals surface area contributed by atoms with Gasteiger partial charge in [-0.3, -0.25) is 4.79 Å². The third-order valence-electron chi connectivity index (χ3n) is 3.45. The number of hydrogen-bond donors (Lipinski definition) is 1. The third-order valence-corrected chi connectivity index (χ3v) is 3.88. The van der Waals surface area contributed by atoms with Gasteiger partial charge in [0.1, 0.15) is 19.0 Å². The highest BCUT2D eigenvalue weighted by molar-refractivity contribution is 9.10. The van der Waals surface area contributed by atoms with Crippen LogP contribution in [0.3, 0.4) is 0 Å². The molecule has 0 saturated carbocycles. The number of rotatable bonds is 5. The van der Waals surface area contributed by atoms with Crippen LogP contribution >= 0.6 is 15.9 Å². The molecule has 1 atom stereocenters. The monoisotopic (exact) mass is 421 g/mol. The van der Waals surface area contributed by atoms with Gasteiger partial charge in [0.15, 0.2) is 22.3 Å². The number of amides is 1. The summed E-state index contributed by atoms with van der Waals surface area (Å²) in [6.07, 6.45) is 1.68. The number of ether oxygens (including phenoxy) is 3. The largest absolute Gasteiger partial charge is 0.486 e. The summed E-state index contributed by atoms with van der Waals surface area (Å²) in [5.74, 6) is 0.573. The van der Waals surface area contributed by atoms with E-state index in [4.69, 9.17) is 18.6 Å². The van der Waals surface area contributed by atoms with Crippen LogP contribution in [0.5, 0.6) is 11.5 Å². The van der Waals surface area contributed by atoms with Crippen molar-refractivity contribution in [3.05, 3.63) is 46.8 Å². The number of esters is 1. The molecule has 1 unspecified atom stereocenters. The molecule has 3 rings (SSSR count). The Morgan fingerprint density at radius 2 is 1.96 bits per heavy atom. The van der Waals surface area contributed by atoms with Gasteiger partial charge in [-0.1, -0.05) is 0 Å². The summed E-state index contributed by atoms with van der Waals surface area (Å²) in [5, 5.41) is 2.67. The van der Waals surface area contributed by atoms with Crippen LogP contribution in [0.1, 0.15) is 12.7 Å². The smallest absolute Gasteiger partial charge is 0.331 e. The van der Waals surface area contributed by atoms with Gasteiger partial charge >= 0.3 is 5.97 Å². The van der Waals surface area contributed by atoms with Crippen LogP contribution in [0.15, 0.2) is 45.5 Å². The van der Waals surface area contributed by atoms with E-state index in [9.17, 15) is 9.59 Å². The van der Waals surface area contributed by atoms with Crippen molar-refractivity contribution in [1.29, 1.82) is 0 Å². The fourth-order valence-corrected chi connectivity index (χ4v) is 2.52. The fourth-order valence-electron chi connectivity index (χ4n) is 2.20. The minimum absolute atomic E-state index is 0.454. The summed E-state index contributed by atoms with van der Waals surface area (Å²) in [7, 11) is 0. The zero-order valence-corrected chi connectivity index (χ0v) is 15.4. The Kier molecular flexibility index (Phi) is 5.62. The van der Waals surface area contributed by atoms with Crippen molar-refractivity contribution in [3.8, 4) is 11.5 Å². The van der Waals surface area contributed by atoms with E-state index in [-0.39, 0.29) is 0 Å². The standard InChI is InChI=1S/C18H16BrNO6/c1-11(25-17(21)7-4-13-3-6-16(19)26-13)18(22)20-12-2-5-14-15(10-12)24-9-8-23-14/h2-7,10-11H,8-9H2,1H3,(H,20,22)/b7-4+. The lowest BCUT2D eigenvalue weighted by atomic mass is 10.2.